The molecule has 0 amide bonds. The van der Waals surface area contributed by atoms with Gasteiger partial charge in [-0.25, -0.2) is 4.39 Å². The van der Waals surface area contributed by atoms with Crippen molar-refractivity contribution in [2.75, 3.05) is 0 Å². The minimum absolute atomic E-state index is 0.157. The third-order valence-electron chi connectivity index (χ3n) is 1.83. The van der Waals surface area contributed by atoms with Crippen molar-refractivity contribution in [1.82, 2.24) is 10.2 Å². The lowest BCUT2D eigenvalue weighted by Crippen LogP contribution is -1.81. The first-order valence-electron chi connectivity index (χ1n) is 4.47. The number of allylic oxidation sites excluding steroid dienone is 1. The maximum atomic E-state index is 12.5. The lowest BCUT2D eigenvalue weighted by atomic mass is 10.2. The van der Waals surface area contributed by atoms with Crippen molar-refractivity contribution >= 4 is 11.3 Å². The summed E-state index contributed by atoms with van der Waals surface area (Å²) in [5.41, 5.74) is 1.01. The van der Waals surface area contributed by atoms with Gasteiger partial charge in [-0.2, -0.15) is 0 Å². The smallest absolute Gasteiger partial charge is 0.147 e. The molecule has 0 fully saturated rings. The van der Waals surface area contributed by atoms with Crippen LogP contribution in [0, 0.1) is 0 Å². The summed E-state index contributed by atoms with van der Waals surface area (Å²) < 4.78 is 12.5. The quantitative estimate of drug-likeness (QED) is 0.793. The molecular formula is C11H9FN2S. The summed E-state index contributed by atoms with van der Waals surface area (Å²) in [5.74, 6) is -0.384. The van der Waals surface area contributed by atoms with Gasteiger partial charge in [0.2, 0.25) is 0 Å². The van der Waals surface area contributed by atoms with Gasteiger partial charge in [-0.05, 0) is 0 Å². The molecule has 2 nitrogen and oxygen atoms in total. The lowest BCUT2D eigenvalue weighted by molar-refractivity contribution is 0.614. The van der Waals surface area contributed by atoms with Gasteiger partial charge in [0.05, 0.1) is 12.2 Å². The molecule has 1 aromatic carbocycles. The number of aromatic nitrogens is 2. The van der Waals surface area contributed by atoms with Crippen LogP contribution in [-0.2, 0) is 6.42 Å². The van der Waals surface area contributed by atoms with Crippen LogP contribution in [-0.4, -0.2) is 10.2 Å². The molecule has 76 valence electrons. The highest BCUT2D eigenvalue weighted by Gasteiger charge is 2.06. The maximum absolute atomic E-state index is 12.5. The summed E-state index contributed by atoms with van der Waals surface area (Å²) in [6.07, 6.45) is 0.157. The molecule has 1 aromatic heterocycles. The van der Waals surface area contributed by atoms with Crippen molar-refractivity contribution < 1.29 is 4.39 Å². The van der Waals surface area contributed by atoms with E-state index in [-0.39, 0.29) is 12.2 Å². The van der Waals surface area contributed by atoms with E-state index < -0.39 is 0 Å². The molecule has 0 bridgehead atoms. The van der Waals surface area contributed by atoms with Gasteiger partial charge in [-0.1, -0.05) is 48.2 Å². The van der Waals surface area contributed by atoms with Gasteiger partial charge in [0.1, 0.15) is 10.0 Å². The first-order chi connectivity index (χ1) is 7.25. The summed E-state index contributed by atoms with van der Waals surface area (Å²) in [6.45, 7) is 3.20. The average molecular weight is 220 g/mol. The van der Waals surface area contributed by atoms with E-state index in [0.29, 0.717) is 5.01 Å². The Balaban J connectivity index is 2.24. The van der Waals surface area contributed by atoms with Crippen LogP contribution in [0.25, 0.3) is 10.6 Å². The van der Waals surface area contributed by atoms with Crippen molar-refractivity contribution in [3.05, 3.63) is 47.7 Å². The lowest BCUT2D eigenvalue weighted by Gasteiger charge is -1.91. The van der Waals surface area contributed by atoms with E-state index >= 15 is 0 Å². The Morgan fingerprint density at radius 3 is 2.67 bits per heavy atom. The second kappa shape index (κ2) is 4.31. The molecule has 2 rings (SSSR count). The van der Waals surface area contributed by atoms with E-state index in [1.165, 1.54) is 11.3 Å². The number of halogens is 1. The van der Waals surface area contributed by atoms with Gasteiger partial charge in [0.15, 0.2) is 0 Å². The van der Waals surface area contributed by atoms with E-state index in [2.05, 4.69) is 16.8 Å². The molecule has 2 aromatic rings. The van der Waals surface area contributed by atoms with Crippen molar-refractivity contribution in [1.29, 1.82) is 0 Å². The first-order valence-corrected chi connectivity index (χ1v) is 5.28. The summed E-state index contributed by atoms with van der Waals surface area (Å²) in [6, 6.07) is 9.72. The van der Waals surface area contributed by atoms with E-state index in [1.54, 1.807) is 0 Å². The second-order valence-corrected chi connectivity index (χ2v) is 4.12. The van der Waals surface area contributed by atoms with Gasteiger partial charge in [0, 0.05) is 5.56 Å². The third kappa shape index (κ3) is 2.47. The zero-order chi connectivity index (χ0) is 10.7. The highest BCUT2D eigenvalue weighted by Crippen LogP contribution is 2.24. The van der Waals surface area contributed by atoms with Gasteiger partial charge < -0.3 is 0 Å². The van der Waals surface area contributed by atoms with E-state index in [1.807, 2.05) is 30.3 Å². The van der Waals surface area contributed by atoms with Crippen molar-refractivity contribution in [2.45, 2.75) is 6.42 Å². The molecule has 0 N–H and O–H groups in total. The molecule has 0 radical (unpaired) electrons. The topological polar surface area (TPSA) is 25.8 Å². The zero-order valence-corrected chi connectivity index (χ0v) is 8.80. The summed E-state index contributed by atoms with van der Waals surface area (Å²) in [5, 5.41) is 9.37. The van der Waals surface area contributed by atoms with Gasteiger partial charge in [-0.3, -0.25) is 0 Å². The van der Waals surface area contributed by atoms with Crippen molar-refractivity contribution in [3.63, 3.8) is 0 Å². The molecule has 1 heterocycles. The zero-order valence-electron chi connectivity index (χ0n) is 7.98. The van der Waals surface area contributed by atoms with Crippen LogP contribution in [0.1, 0.15) is 5.01 Å². The second-order valence-electron chi connectivity index (χ2n) is 3.06. The maximum Gasteiger partial charge on any atom is 0.147 e. The number of rotatable bonds is 3. The van der Waals surface area contributed by atoms with Crippen LogP contribution in [0.3, 0.4) is 0 Å². The Kier molecular flexibility index (Phi) is 2.87. The molecule has 0 aliphatic heterocycles. The van der Waals surface area contributed by atoms with E-state index in [4.69, 9.17) is 0 Å². The molecule has 4 heteroatoms. The fraction of sp³-hybridized carbons (Fsp3) is 0.0909. The highest BCUT2D eigenvalue weighted by atomic mass is 32.1. The predicted octanol–water partition coefficient (Wildman–Crippen LogP) is 3.23. The Bertz CT molecular complexity index is 464. The fourth-order valence-electron chi connectivity index (χ4n) is 1.19. The number of hydrogen-bond donors (Lipinski definition) is 0. The molecule has 0 spiro atoms. The molecule has 0 aliphatic rings. The largest absolute Gasteiger partial charge is 0.212 e. The minimum Gasteiger partial charge on any atom is -0.212 e. The predicted molar refractivity (Wildman–Crippen MR) is 59.3 cm³/mol. The van der Waals surface area contributed by atoms with Crippen LogP contribution in [0.5, 0.6) is 0 Å². The monoisotopic (exact) mass is 220 g/mol. The Hall–Kier alpha value is -1.55. The van der Waals surface area contributed by atoms with Gasteiger partial charge in [-0.15, -0.1) is 10.2 Å². The Morgan fingerprint density at radius 1 is 1.27 bits per heavy atom. The summed E-state index contributed by atoms with van der Waals surface area (Å²) in [7, 11) is 0. The van der Waals surface area contributed by atoms with Crippen LogP contribution >= 0.6 is 11.3 Å². The normalized spacial score (nSPS) is 10.2. The molecule has 0 unspecified atom stereocenters. The molecule has 15 heavy (non-hydrogen) atoms. The molecular weight excluding hydrogens is 211 g/mol. The number of nitrogens with zero attached hydrogens (tertiary/aromatic N) is 2. The van der Waals surface area contributed by atoms with Crippen LogP contribution in [0.4, 0.5) is 4.39 Å². The minimum atomic E-state index is -0.384. The van der Waals surface area contributed by atoms with E-state index in [0.717, 1.165) is 10.6 Å². The highest BCUT2D eigenvalue weighted by molar-refractivity contribution is 7.14. The van der Waals surface area contributed by atoms with Crippen LogP contribution in [0.2, 0.25) is 0 Å². The first kappa shape index (κ1) is 9.98. The van der Waals surface area contributed by atoms with E-state index in [9.17, 15) is 4.39 Å². The molecule has 0 saturated carbocycles. The summed E-state index contributed by atoms with van der Waals surface area (Å²) in [4.78, 5) is 0. The number of benzene rings is 1. The standard InChI is InChI=1S/C11H9FN2S/c1-8(12)7-10-13-14-11(15-10)9-5-3-2-4-6-9/h2-6H,1,7H2. The third-order valence-corrected chi connectivity index (χ3v) is 2.80. The Labute approximate surface area is 91.1 Å². The van der Waals surface area contributed by atoms with Crippen LogP contribution in [0.15, 0.2) is 42.7 Å². The number of hydrogen-bond acceptors (Lipinski definition) is 3. The Morgan fingerprint density at radius 2 is 2.00 bits per heavy atom. The summed E-state index contributed by atoms with van der Waals surface area (Å²) >= 11 is 1.39. The van der Waals surface area contributed by atoms with Gasteiger partial charge in [0.25, 0.3) is 0 Å². The average Bonchev–Trinajstić information content (AvgIpc) is 2.67. The van der Waals surface area contributed by atoms with Crippen LogP contribution < -0.4 is 0 Å². The van der Waals surface area contributed by atoms with Crippen molar-refractivity contribution in [2.24, 2.45) is 0 Å². The SMILES string of the molecule is C=C(F)Cc1nnc(-c2ccccc2)s1. The van der Waals surface area contributed by atoms with Crippen molar-refractivity contribution in [3.8, 4) is 10.6 Å². The molecule has 0 saturated heterocycles. The molecule has 0 aliphatic carbocycles. The molecule has 0 atom stereocenters. The fourth-order valence-corrected chi connectivity index (χ4v) is 2.06. The van der Waals surface area contributed by atoms with Gasteiger partial charge >= 0.3 is 0 Å².